The molecule has 3 rings (SSSR count). The van der Waals surface area contributed by atoms with Crippen LogP contribution < -0.4 is 5.73 Å². The van der Waals surface area contributed by atoms with E-state index in [1.165, 1.54) is 6.07 Å². The van der Waals surface area contributed by atoms with Gasteiger partial charge in [-0.3, -0.25) is 4.98 Å². The molecule has 3 nitrogen and oxygen atoms in total. The van der Waals surface area contributed by atoms with Crippen LogP contribution in [0.2, 0.25) is 5.02 Å². The lowest BCUT2D eigenvalue weighted by Gasteiger charge is -2.12. The minimum absolute atomic E-state index is 0.101. The lowest BCUT2D eigenvalue weighted by molar-refractivity contribution is 0.590. The normalized spacial score (nSPS) is 12.5. The summed E-state index contributed by atoms with van der Waals surface area (Å²) in [6.45, 7) is 0. The van der Waals surface area contributed by atoms with Gasteiger partial charge in [0.2, 0.25) is 0 Å². The number of halogens is 2. The van der Waals surface area contributed by atoms with E-state index in [1.807, 2.05) is 24.3 Å². The van der Waals surface area contributed by atoms with Crippen LogP contribution in [0.3, 0.4) is 0 Å². The Balaban J connectivity index is 1.89. The van der Waals surface area contributed by atoms with E-state index >= 15 is 0 Å². The Morgan fingerprint density at radius 2 is 1.86 bits per heavy atom. The number of nitrogens with two attached hydrogens (primary N) is 1. The van der Waals surface area contributed by atoms with E-state index in [4.69, 9.17) is 17.3 Å². The molecule has 0 saturated carbocycles. The number of fused-ring (bicyclic) bond motifs is 1. The van der Waals surface area contributed by atoms with Crippen molar-refractivity contribution in [2.45, 2.75) is 12.5 Å². The van der Waals surface area contributed by atoms with Gasteiger partial charge in [-0.05, 0) is 30.2 Å². The summed E-state index contributed by atoms with van der Waals surface area (Å²) in [6, 6.07) is 12.0. The molecule has 21 heavy (non-hydrogen) atoms. The van der Waals surface area contributed by atoms with Gasteiger partial charge in [-0.25, -0.2) is 9.37 Å². The predicted molar refractivity (Wildman–Crippen MR) is 81.6 cm³/mol. The van der Waals surface area contributed by atoms with Crippen LogP contribution in [0.5, 0.6) is 0 Å². The molecule has 5 heteroatoms. The number of hydrogen-bond donors (Lipinski definition) is 1. The molecule has 0 saturated heterocycles. The molecule has 0 aliphatic rings. The Morgan fingerprint density at radius 3 is 2.67 bits per heavy atom. The molecule has 3 aromatic rings. The first kappa shape index (κ1) is 13.9. The smallest absolute Gasteiger partial charge is 0.145 e. The maximum atomic E-state index is 13.9. The SMILES string of the molecule is NC(Cc1cccc(Cl)c1F)c1cnc2ccccc2n1. The van der Waals surface area contributed by atoms with E-state index < -0.39 is 11.9 Å². The Morgan fingerprint density at radius 1 is 1.10 bits per heavy atom. The molecule has 1 aromatic heterocycles. The molecular formula is C16H13ClFN3. The maximum Gasteiger partial charge on any atom is 0.145 e. The molecule has 1 heterocycles. The first-order valence-electron chi connectivity index (χ1n) is 6.55. The van der Waals surface area contributed by atoms with Crippen molar-refractivity contribution in [1.82, 2.24) is 9.97 Å². The summed E-state index contributed by atoms with van der Waals surface area (Å²) >= 11 is 5.78. The third-order valence-corrected chi connectivity index (χ3v) is 3.61. The average molecular weight is 302 g/mol. The second-order valence-electron chi connectivity index (χ2n) is 4.81. The van der Waals surface area contributed by atoms with Crippen molar-refractivity contribution in [2.75, 3.05) is 0 Å². The fourth-order valence-corrected chi connectivity index (χ4v) is 2.39. The molecule has 2 N–H and O–H groups in total. The molecule has 0 bridgehead atoms. The predicted octanol–water partition coefficient (Wildman–Crippen LogP) is 3.66. The molecule has 0 amide bonds. The van der Waals surface area contributed by atoms with Gasteiger partial charge in [0.25, 0.3) is 0 Å². The van der Waals surface area contributed by atoms with Crippen molar-refractivity contribution in [3.8, 4) is 0 Å². The van der Waals surface area contributed by atoms with Gasteiger partial charge in [-0.15, -0.1) is 0 Å². The highest BCUT2D eigenvalue weighted by atomic mass is 35.5. The van der Waals surface area contributed by atoms with Gasteiger partial charge in [0.1, 0.15) is 5.82 Å². The Kier molecular flexibility index (Phi) is 3.82. The molecule has 106 valence electrons. The molecule has 1 unspecified atom stereocenters. The Labute approximate surface area is 126 Å². The fourth-order valence-electron chi connectivity index (χ4n) is 2.20. The zero-order valence-corrected chi connectivity index (χ0v) is 11.9. The second-order valence-corrected chi connectivity index (χ2v) is 5.21. The monoisotopic (exact) mass is 301 g/mol. The van der Waals surface area contributed by atoms with Gasteiger partial charge in [-0.1, -0.05) is 35.9 Å². The van der Waals surface area contributed by atoms with Gasteiger partial charge in [0.05, 0.1) is 34.0 Å². The first-order valence-corrected chi connectivity index (χ1v) is 6.93. The quantitative estimate of drug-likeness (QED) is 0.803. The van der Waals surface area contributed by atoms with Gasteiger partial charge in [-0.2, -0.15) is 0 Å². The second kappa shape index (κ2) is 5.76. The number of nitrogens with zero attached hydrogens (tertiary/aromatic N) is 2. The number of aromatic nitrogens is 2. The van der Waals surface area contributed by atoms with Crippen LogP contribution in [0.15, 0.2) is 48.7 Å². The van der Waals surface area contributed by atoms with E-state index in [1.54, 1.807) is 18.3 Å². The van der Waals surface area contributed by atoms with Crippen LogP contribution in [0.25, 0.3) is 11.0 Å². The van der Waals surface area contributed by atoms with Gasteiger partial charge in [0.15, 0.2) is 0 Å². The van der Waals surface area contributed by atoms with Crippen molar-refractivity contribution in [2.24, 2.45) is 5.73 Å². The summed E-state index contributed by atoms with van der Waals surface area (Å²) in [5, 5.41) is 0.101. The summed E-state index contributed by atoms with van der Waals surface area (Å²) in [6.07, 6.45) is 1.95. The minimum atomic E-state index is -0.435. The lowest BCUT2D eigenvalue weighted by atomic mass is 10.0. The van der Waals surface area contributed by atoms with E-state index in [2.05, 4.69) is 9.97 Å². The first-order chi connectivity index (χ1) is 10.1. The summed E-state index contributed by atoms with van der Waals surface area (Å²) in [5.74, 6) is -0.427. The zero-order chi connectivity index (χ0) is 14.8. The van der Waals surface area contributed by atoms with Gasteiger partial charge >= 0.3 is 0 Å². The molecule has 1 atom stereocenters. The molecular weight excluding hydrogens is 289 g/mol. The highest BCUT2D eigenvalue weighted by Crippen LogP contribution is 2.22. The largest absolute Gasteiger partial charge is 0.322 e. The van der Waals surface area contributed by atoms with Crippen LogP contribution in [0.1, 0.15) is 17.3 Å². The van der Waals surface area contributed by atoms with Crippen molar-refractivity contribution < 1.29 is 4.39 Å². The molecule has 0 spiro atoms. The Hall–Kier alpha value is -2.04. The average Bonchev–Trinajstić information content (AvgIpc) is 2.51. The topological polar surface area (TPSA) is 51.8 Å². The molecule has 0 aliphatic carbocycles. The number of para-hydroxylation sites is 2. The summed E-state index contributed by atoms with van der Waals surface area (Å²) < 4.78 is 13.9. The fraction of sp³-hybridized carbons (Fsp3) is 0.125. The number of benzene rings is 2. The van der Waals surface area contributed by atoms with Crippen LogP contribution >= 0.6 is 11.6 Å². The number of hydrogen-bond acceptors (Lipinski definition) is 3. The van der Waals surface area contributed by atoms with E-state index in [-0.39, 0.29) is 5.02 Å². The molecule has 0 fully saturated rings. The molecule has 0 radical (unpaired) electrons. The molecule has 2 aromatic carbocycles. The lowest BCUT2D eigenvalue weighted by Crippen LogP contribution is -2.16. The zero-order valence-electron chi connectivity index (χ0n) is 11.1. The Bertz CT molecular complexity index is 791. The standard InChI is InChI=1S/C16H13ClFN3/c17-11-5-3-4-10(16(11)18)8-12(19)15-9-20-13-6-1-2-7-14(13)21-15/h1-7,9,12H,8,19H2. The highest BCUT2D eigenvalue weighted by Gasteiger charge is 2.14. The third-order valence-electron chi connectivity index (χ3n) is 3.32. The van der Waals surface area contributed by atoms with Crippen LogP contribution in [0.4, 0.5) is 4.39 Å². The van der Waals surface area contributed by atoms with E-state index in [0.717, 1.165) is 11.0 Å². The van der Waals surface area contributed by atoms with Crippen molar-refractivity contribution in [1.29, 1.82) is 0 Å². The van der Waals surface area contributed by atoms with Crippen molar-refractivity contribution in [3.63, 3.8) is 0 Å². The molecule has 0 aliphatic heterocycles. The van der Waals surface area contributed by atoms with Gasteiger partial charge in [0, 0.05) is 0 Å². The maximum absolute atomic E-state index is 13.9. The summed E-state index contributed by atoms with van der Waals surface area (Å²) in [4.78, 5) is 8.80. The van der Waals surface area contributed by atoms with Crippen molar-refractivity contribution >= 4 is 22.6 Å². The van der Waals surface area contributed by atoms with Crippen LogP contribution in [0, 0.1) is 5.82 Å². The van der Waals surface area contributed by atoms with E-state index in [0.29, 0.717) is 17.7 Å². The minimum Gasteiger partial charge on any atom is -0.322 e. The van der Waals surface area contributed by atoms with Crippen LogP contribution in [-0.2, 0) is 6.42 Å². The number of rotatable bonds is 3. The highest BCUT2D eigenvalue weighted by molar-refractivity contribution is 6.30. The summed E-state index contributed by atoms with van der Waals surface area (Å²) in [7, 11) is 0. The van der Waals surface area contributed by atoms with Crippen LogP contribution in [-0.4, -0.2) is 9.97 Å². The van der Waals surface area contributed by atoms with Gasteiger partial charge < -0.3 is 5.73 Å². The summed E-state index contributed by atoms with van der Waals surface area (Å²) in [5.41, 5.74) is 8.82. The van der Waals surface area contributed by atoms with E-state index in [9.17, 15) is 4.39 Å². The van der Waals surface area contributed by atoms with Crippen molar-refractivity contribution in [3.05, 3.63) is 70.8 Å². The third kappa shape index (κ3) is 2.86.